The van der Waals surface area contributed by atoms with Crippen LogP contribution in [0.15, 0.2) is 18.5 Å². The average molecular weight is 298 g/mol. The van der Waals surface area contributed by atoms with Crippen LogP contribution >= 0.6 is 0 Å². The Hall–Kier alpha value is -1.88. The summed E-state index contributed by atoms with van der Waals surface area (Å²) in [6.07, 6.45) is 8.15. The van der Waals surface area contributed by atoms with Gasteiger partial charge in [-0.1, -0.05) is 0 Å². The topological polar surface area (TPSA) is 69.8 Å². The first-order valence-corrected chi connectivity index (χ1v) is 8.11. The van der Waals surface area contributed by atoms with Gasteiger partial charge in [-0.05, 0) is 62.7 Å². The van der Waals surface area contributed by atoms with E-state index in [1.54, 1.807) is 6.20 Å². The zero-order valence-corrected chi connectivity index (χ0v) is 12.9. The highest BCUT2D eigenvalue weighted by Crippen LogP contribution is 2.51. The standard InChI is InChI=1S/C17H22N4O/c1-11-13-2-5-19-15(13)20-10-14(11)21-16(22)12-8-17(9-12)3-6-18-7-4-17/h2,5,10,12,18H,3-4,6-9H2,1H3,(H,19,20)(H,21,22). The van der Waals surface area contributed by atoms with Gasteiger partial charge in [-0.15, -0.1) is 0 Å². The lowest BCUT2D eigenvalue weighted by atomic mass is 9.57. The van der Waals surface area contributed by atoms with Crippen LogP contribution in [0, 0.1) is 18.3 Å². The first-order chi connectivity index (χ1) is 10.7. The minimum atomic E-state index is 0.156. The Morgan fingerprint density at radius 2 is 2.14 bits per heavy atom. The number of nitrogens with zero attached hydrogens (tertiary/aromatic N) is 1. The first kappa shape index (κ1) is 13.8. The van der Waals surface area contributed by atoms with Gasteiger partial charge in [0.15, 0.2) is 0 Å². The molecule has 2 aromatic rings. The van der Waals surface area contributed by atoms with Gasteiger partial charge in [-0.25, -0.2) is 4.98 Å². The fourth-order valence-electron chi connectivity index (χ4n) is 4.04. The van der Waals surface area contributed by atoms with Gasteiger partial charge in [0.05, 0.1) is 11.9 Å². The molecule has 1 spiro atoms. The highest BCUT2D eigenvalue weighted by Gasteiger charge is 2.47. The number of carbonyl (C=O) groups excluding carboxylic acids is 1. The van der Waals surface area contributed by atoms with Gasteiger partial charge in [-0.2, -0.15) is 0 Å². The minimum absolute atomic E-state index is 0.156. The number of hydrogen-bond donors (Lipinski definition) is 3. The van der Waals surface area contributed by atoms with Crippen LogP contribution in [0.5, 0.6) is 0 Å². The first-order valence-electron chi connectivity index (χ1n) is 8.11. The number of nitrogens with one attached hydrogen (secondary N) is 3. The summed E-state index contributed by atoms with van der Waals surface area (Å²) in [5.74, 6) is 0.323. The normalized spacial score (nSPS) is 21.0. The van der Waals surface area contributed by atoms with Crippen molar-refractivity contribution in [2.45, 2.75) is 32.6 Å². The SMILES string of the molecule is Cc1c(NC(=O)C2CC3(CCNCC3)C2)cnc2[nH]ccc12. The molecule has 116 valence electrons. The third kappa shape index (κ3) is 2.20. The number of hydrogen-bond acceptors (Lipinski definition) is 3. The van der Waals surface area contributed by atoms with Gasteiger partial charge in [0.25, 0.3) is 0 Å². The van der Waals surface area contributed by atoms with Crippen molar-refractivity contribution in [3.8, 4) is 0 Å². The predicted octanol–water partition coefficient (Wildman–Crippen LogP) is 2.59. The van der Waals surface area contributed by atoms with Crippen LogP contribution in [0.3, 0.4) is 0 Å². The molecule has 0 atom stereocenters. The van der Waals surface area contributed by atoms with Gasteiger partial charge in [0.2, 0.25) is 5.91 Å². The summed E-state index contributed by atoms with van der Waals surface area (Å²) in [5.41, 5.74) is 3.22. The molecule has 0 aromatic carbocycles. The maximum absolute atomic E-state index is 12.5. The number of aromatic nitrogens is 2. The van der Waals surface area contributed by atoms with E-state index in [0.29, 0.717) is 5.41 Å². The molecule has 3 heterocycles. The molecule has 1 aliphatic heterocycles. The summed E-state index contributed by atoms with van der Waals surface area (Å²) in [4.78, 5) is 19.9. The molecule has 1 saturated carbocycles. The summed E-state index contributed by atoms with van der Waals surface area (Å²) in [6.45, 7) is 4.23. The molecule has 5 nitrogen and oxygen atoms in total. The van der Waals surface area contributed by atoms with Gasteiger partial charge in [0, 0.05) is 17.5 Å². The summed E-state index contributed by atoms with van der Waals surface area (Å²) in [7, 11) is 0. The van der Waals surface area contributed by atoms with Crippen molar-refractivity contribution < 1.29 is 4.79 Å². The number of piperidine rings is 1. The van der Waals surface area contributed by atoms with E-state index in [0.717, 1.165) is 48.2 Å². The Kier molecular flexibility index (Phi) is 3.18. The van der Waals surface area contributed by atoms with Crippen molar-refractivity contribution in [2.24, 2.45) is 11.3 Å². The van der Waals surface area contributed by atoms with Crippen molar-refractivity contribution in [2.75, 3.05) is 18.4 Å². The number of pyridine rings is 1. The van der Waals surface area contributed by atoms with Crippen LogP contribution in [0.1, 0.15) is 31.2 Å². The maximum Gasteiger partial charge on any atom is 0.227 e. The van der Waals surface area contributed by atoms with Gasteiger partial charge >= 0.3 is 0 Å². The molecule has 1 saturated heterocycles. The summed E-state index contributed by atoms with van der Waals surface area (Å²) < 4.78 is 0. The lowest BCUT2D eigenvalue weighted by molar-refractivity contribution is -0.128. The van der Waals surface area contributed by atoms with E-state index in [4.69, 9.17) is 0 Å². The average Bonchev–Trinajstić information content (AvgIpc) is 2.97. The number of anilines is 1. The zero-order valence-electron chi connectivity index (χ0n) is 12.9. The Bertz CT molecular complexity index is 707. The number of aromatic amines is 1. The molecular formula is C17H22N4O. The molecule has 2 aromatic heterocycles. The minimum Gasteiger partial charge on any atom is -0.346 e. The van der Waals surface area contributed by atoms with E-state index >= 15 is 0 Å². The molecule has 1 amide bonds. The molecule has 2 aliphatic rings. The second-order valence-corrected chi connectivity index (χ2v) is 6.88. The quantitative estimate of drug-likeness (QED) is 0.798. The number of amides is 1. The van der Waals surface area contributed by atoms with Crippen LogP contribution in [0.2, 0.25) is 0 Å². The van der Waals surface area contributed by atoms with Crippen LogP contribution in [-0.4, -0.2) is 29.0 Å². The number of aryl methyl sites for hydroxylation is 1. The molecule has 4 rings (SSSR count). The molecule has 2 fully saturated rings. The number of carbonyl (C=O) groups is 1. The van der Waals surface area contributed by atoms with Crippen molar-refractivity contribution in [3.63, 3.8) is 0 Å². The molecule has 22 heavy (non-hydrogen) atoms. The third-order valence-electron chi connectivity index (χ3n) is 5.51. The molecule has 0 bridgehead atoms. The van der Waals surface area contributed by atoms with Crippen LogP contribution < -0.4 is 10.6 Å². The van der Waals surface area contributed by atoms with E-state index in [2.05, 4.69) is 20.6 Å². The Labute approximate surface area is 129 Å². The Morgan fingerprint density at radius 1 is 1.36 bits per heavy atom. The lowest BCUT2D eigenvalue weighted by Gasteiger charge is -2.49. The van der Waals surface area contributed by atoms with E-state index in [1.807, 2.05) is 19.2 Å². The Morgan fingerprint density at radius 3 is 2.91 bits per heavy atom. The van der Waals surface area contributed by atoms with Crippen molar-refractivity contribution in [1.82, 2.24) is 15.3 Å². The largest absolute Gasteiger partial charge is 0.346 e. The van der Waals surface area contributed by atoms with Crippen molar-refractivity contribution in [1.29, 1.82) is 0 Å². The fraction of sp³-hybridized carbons (Fsp3) is 0.529. The second kappa shape index (κ2) is 5.09. The zero-order chi connectivity index (χ0) is 15.2. The van der Waals surface area contributed by atoms with Gasteiger partial charge in [-0.3, -0.25) is 4.79 Å². The number of H-pyrrole nitrogens is 1. The molecule has 3 N–H and O–H groups in total. The van der Waals surface area contributed by atoms with E-state index in [9.17, 15) is 4.79 Å². The van der Waals surface area contributed by atoms with Crippen LogP contribution in [0.25, 0.3) is 11.0 Å². The summed E-state index contributed by atoms with van der Waals surface area (Å²) in [5, 5.41) is 7.56. The van der Waals surface area contributed by atoms with E-state index < -0.39 is 0 Å². The molecule has 0 radical (unpaired) electrons. The Balaban J connectivity index is 1.44. The van der Waals surface area contributed by atoms with Crippen LogP contribution in [0.4, 0.5) is 5.69 Å². The smallest absolute Gasteiger partial charge is 0.227 e. The van der Waals surface area contributed by atoms with Crippen LogP contribution in [-0.2, 0) is 4.79 Å². The lowest BCUT2D eigenvalue weighted by Crippen LogP contribution is -2.48. The monoisotopic (exact) mass is 298 g/mol. The number of rotatable bonds is 2. The molecule has 0 unspecified atom stereocenters. The predicted molar refractivity (Wildman–Crippen MR) is 86.7 cm³/mol. The highest BCUT2D eigenvalue weighted by molar-refractivity contribution is 5.96. The highest BCUT2D eigenvalue weighted by atomic mass is 16.1. The second-order valence-electron chi connectivity index (χ2n) is 6.88. The van der Waals surface area contributed by atoms with Gasteiger partial charge in [0.1, 0.15) is 5.65 Å². The van der Waals surface area contributed by atoms with E-state index in [-0.39, 0.29) is 11.8 Å². The van der Waals surface area contributed by atoms with E-state index in [1.165, 1.54) is 12.8 Å². The maximum atomic E-state index is 12.5. The third-order valence-corrected chi connectivity index (χ3v) is 5.51. The molecular weight excluding hydrogens is 276 g/mol. The van der Waals surface area contributed by atoms with Crippen molar-refractivity contribution in [3.05, 3.63) is 24.0 Å². The molecule has 5 heteroatoms. The molecule has 1 aliphatic carbocycles. The fourth-order valence-corrected chi connectivity index (χ4v) is 4.04. The van der Waals surface area contributed by atoms with Gasteiger partial charge < -0.3 is 15.6 Å². The number of fused-ring (bicyclic) bond motifs is 1. The van der Waals surface area contributed by atoms with Crippen molar-refractivity contribution >= 4 is 22.6 Å². The summed E-state index contributed by atoms with van der Waals surface area (Å²) in [6, 6.07) is 2.00. The summed E-state index contributed by atoms with van der Waals surface area (Å²) >= 11 is 0.